The molecule has 34 heavy (non-hydrogen) atoms. The Morgan fingerprint density at radius 3 is 2.12 bits per heavy atom. The zero-order chi connectivity index (χ0) is 23.8. The first-order valence-electron chi connectivity index (χ1n) is 11.2. The van der Waals surface area contributed by atoms with E-state index in [0.717, 1.165) is 16.7 Å². The van der Waals surface area contributed by atoms with Crippen LogP contribution in [-0.2, 0) is 6.61 Å². The molecular weight excluding hydrogens is 446 g/mol. The summed E-state index contributed by atoms with van der Waals surface area (Å²) in [7, 11) is 0. The zero-order valence-corrected chi connectivity index (χ0v) is 19.7. The molecule has 0 saturated carbocycles. The highest BCUT2D eigenvalue weighted by atomic mass is 35.5. The highest BCUT2D eigenvalue weighted by Crippen LogP contribution is 2.26. The van der Waals surface area contributed by atoms with Gasteiger partial charge in [-0.05, 0) is 54.4 Å². The number of rotatable bonds is 9. The quantitative estimate of drug-likeness (QED) is 0.291. The summed E-state index contributed by atoms with van der Waals surface area (Å²) in [4.78, 5) is 13.3. The number of halogens is 1. The lowest BCUT2D eigenvalue weighted by Crippen LogP contribution is -2.29. The summed E-state index contributed by atoms with van der Waals surface area (Å²) < 4.78 is 11.7. The molecule has 0 aliphatic carbocycles. The summed E-state index contributed by atoms with van der Waals surface area (Å²) in [5.41, 5.74) is 3.34. The average molecular weight is 472 g/mol. The molecule has 1 N–H and O–H groups in total. The van der Waals surface area contributed by atoms with Crippen LogP contribution in [0.3, 0.4) is 0 Å². The Hall–Kier alpha value is -3.76. The van der Waals surface area contributed by atoms with Crippen molar-refractivity contribution in [2.45, 2.75) is 19.6 Å². The minimum absolute atomic E-state index is 0.176. The Kier molecular flexibility index (Phi) is 7.84. The number of nitrogens with one attached hydrogen (secondary N) is 1. The number of hydrogen-bond acceptors (Lipinski definition) is 3. The fraction of sp³-hybridized carbons (Fsp3) is 0.138. The number of ether oxygens (including phenoxy) is 2. The summed E-state index contributed by atoms with van der Waals surface area (Å²) in [5.74, 6) is 1.16. The van der Waals surface area contributed by atoms with Gasteiger partial charge in [0.1, 0.15) is 18.1 Å². The Morgan fingerprint density at radius 2 is 1.50 bits per heavy atom. The van der Waals surface area contributed by atoms with Gasteiger partial charge in [-0.15, -0.1) is 0 Å². The molecule has 0 aliphatic rings. The van der Waals surface area contributed by atoms with E-state index in [1.807, 2.05) is 91.9 Å². The van der Waals surface area contributed by atoms with Crippen LogP contribution in [0.5, 0.6) is 11.5 Å². The number of carbonyl (C=O) groups excluding carboxylic acids is 1. The normalized spacial score (nSPS) is 10.7. The number of benzene rings is 4. The first-order valence-corrected chi connectivity index (χ1v) is 11.6. The Bertz CT molecular complexity index is 1190. The van der Waals surface area contributed by atoms with E-state index in [0.29, 0.717) is 28.7 Å². The van der Waals surface area contributed by atoms with E-state index in [1.165, 1.54) is 0 Å². The van der Waals surface area contributed by atoms with Crippen LogP contribution in [0.1, 0.15) is 40.0 Å². The van der Waals surface area contributed by atoms with E-state index in [-0.39, 0.29) is 18.6 Å². The van der Waals surface area contributed by atoms with Crippen LogP contribution in [0, 0.1) is 0 Å². The van der Waals surface area contributed by atoms with Crippen molar-refractivity contribution in [3.05, 3.63) is 130 Å². The van der Waals surface area contributed by atoms with E-state index >= 15 is 0 Å². The summed E-state index contributed by atoms with van der Waals surface area (Å²) in [5, 5.41) is 3.79. The summed E-state index contributed by atoms with van der Waals surface area (Å²) in [6.45, 7) is 2.68. The molecule has 0 spiro atoms. The van der Waals surface area contributed by atoms with E-state index in [4.69, 9.17) is 21.1 Å². The molecule has 4 aromatic rings. The van der Waals surface area contributed by atoms with Crippen molar-refractivity contribution in [3.63, 3.8) is 0 Å². The van der Waals surface area contributed by atoms with E-state index in [1.54, 1.807) is 18.2 Å². The van der Waals surface area contributed by atoms with Gasteiger partial charge in [0.15, 0.2) is 0 Å². The molecule has 4 nitrogen and oxygen atoms in total. The van der Waals surface area contributed by atoms with Gasteiger partial charge in [-0.25, -0.2) is 0 Å². The molecule has 4 aromatic carbocycles. The molecule has 5 heteroatoms. The molecule has 0 atom stereocenters. The summed E-state index contributed by atoms with van der Waals surface area (Å²) in [6, 6.07) is 32.2. The van der Waals surface area contributed by atoms with Crippen LogP contribution < -0.4 is 14.8 Å². The third-order valence-electron chi connectivity index (χ3n) is 5.35. The molecule has 0 radical (unpaired) electrons. The molecular formula is C29H26ClNO3. The first-order chi connectivity index (χ1) is 16.6. The number of amides is 1. The van der Waals surface area contributed by atoms with Crippen molar-refractivity contribution >= 4 is 17.5 Å². The molecule has 0 aromatic heterocycles. The molecule has 0 bridgehead atoms. The second-order valence-electron chi connectivity index (χ2n) is 7.73. The lowest BCUT2D eigenvalue weighted by Gasteiger charge is -2.20. The van der Waals surface area contributed by atoms with Crippen LogP contribution >= 0.6 is 11.6 Å². The second kappa shape index (κ2) is 11.4. The van der Waals surface area contributed by atoms with Gasteiger partial charge in [0, 0.05) is 16.1 Å². The molecule has 4 rings (SSSR count). The van der Waals surface area contributed by atoms with Gasteiger partial charge in [-0.3, -0.25) is 4.79 Å². The predicted octanol–water partition coefficient (Wildman–Crippen LogP) is 6.84. The average Bonchev–Trinajstić information content (AvgIpc) is 2.88. The van der Waals surface area contributed by atoms with Crippen molar-refractivity contribution in [2.75, 3.05) is 6.61 Å². The maximum atomic E-state index is 13.3. The highest BCUT2D eigenvalue weighted by molar-refractivity contribution is 6.30. The van der Waals surface area contributed by atoms with Gasteiger partial charge in [0.05, 0.1) is 12.6 Å². The van der Waals surface area contributed by atoms with Gasteiger partial charge in [-0.1, -0.05) is 78.3 Å². The minimum atomic E-state index is -0.271. The van der Waals surface area contributed by atoms with E-state index in [9.17, 15) is 4.79 Å². The third kappa shape index (κ3) is 5.97. The molecule has 0 fully saturated rings. The summed E-state index contributed by atoms with van der Waals surface area (Å²) in [6.07, 6.45) is 0. The van der Waals surface area contributed by atoms with E-state index < -0.39 is 0 Å². The van der Waals surface area contributed by atoms with Crippen molar-refractivity contribution in [2.24, 2.45) is 0 Å². The Morgan fingerprint density at radius 1 is 0.824 bits per heavy atom. The second-order valence-corrected chi connectivity index (χ2v) is 8.17. The standard InChI is InChI=1S/C29H26ClNO3/c1-2-33-27-17-16-23(18-24(27)20-34-26-15-9-14-25(30)19-26)29(32)31-28(21-10-5-3-6-11-21)22-12-7-4-8-13-22/h3-19,28H,2,20H2,1H3,(H,31,32). The predicted molar refractivity (Wildman–Crippen MR) is 136 cm³/mol. The fourth-order valence-corrected chi connectivity index (χ4v) is 3.89. The van der Waals surface area contributed by atoms with Crippen LogP contribution in [0.2, 0.25) is 5.02 Å². The smallest absolute Gasteiger partial charge is 0.252 e. The van der Waals surface area contributed by atoms with Gasteiger partial charge < -0.3 is 14.8 Å². The fourth-order valence-electron chi connectivity index (χ4n) is 3.71. The van der Waals surface area contributed by atoms with E-state index in [2.05, 4.69) is 5.32 Å². The Labute approximate surface area is 205 Å². The van der Waals surface area contributed by atoms with Gasteiger partial charge in [0.2, 0.25) is 0 Å². The van der Waals surface area contributed by atoms with Gasteiger partial charge in [-0.2, -0.15) is 0 Å². The largest absolute Gasteiger partial charge is 0.493 e. The summed E-state index contributed by atoms with van der Waals surface area (Å²) >= 11 is 6.07. The van der Waals surface area contributed by atoms with Gasteiger partial charge in [0.25, 0.3) is 5.91 Å². The molecule has 1 amide bonds. The van der Waals surface area contributed by atoms with Crippen LogP contribution in [0.25, 0.3) is 0 Å². The number of hydrogen-bond donors (Lipinski definition) is 1. The lowest BCUT2D eigenvalue weighted by molar-refractivity contribution is 0.0942. The zero-order valence-electron chi connectivity index (χ0n) is 18.9. The van der Waals surface area contributed by atoms with Crippen molar-refractivity contribution in [1.82, 2.24) is 5.32 Å². The first kappa shape index (κ1) is 23.4. The maximum Gasteiger partial charge on any atom is 0.252 e. The minimum Gasteiger partial charge on any atom is -0.493 e. The van der Waals surface area contributed by atoms with Crippen molar-refractivity contribution in [3.8, 4) is 11.5 Å². The van der Waals surface area contributed by atoms with Crippen LogP contribution in [-0.4, -0.2) is 12.5 Å². The maximum absolute atomic E-state index is 13.3. The van der Waals surface area contributed by atoms with Crippen molar-refractivity contribution in [1.29, 1.82) is 0 Å². The van der Waals surface area contributed by atoms with Crippen molar-refractivity contribution < 1.29 is 14.3 Å². The third-order valence-corrected chi connectivity index (χ3v) is 5.59. The molecule has 0 aliphatic heterocycles. The number of carbonyl (C=O) groups is 1. The van der Waals surface area contributed by atoms with Gasteiger partial charge >= 0.3 is 0 Å². The van der Waals surface area contributed by atoms with Crippen LogP contribution in [0.4, 0.5) is 0 Å². The lowest BCUT2D eigenvalue weighted by atomic mass is 9.98. The molecule has 0 heterocycles. The Balaban J connectivity index is 1.58. The molecule has 172 valence electrons. The van der Waals surface area contributed by atoms with Crippen LogP contribution in [0.15, 0.2) is 103 Å². The SMILES string of the molecule is CCOc1ccc(C(=O)NC(c2ccccc2)c2ccccc2)cc1COc1cccc(Cl)c1. The monoisotopic (exact) mass is 471 g/mol. The molecule has 0 unspecified atom stereocenters. The highest BCUT2D eigenvalue weighted by Gasteiger charge is 2.19. The molecule has 0 saturated heterocycles. The topological polar surface area (TPSA) is 47.6 Å².